The summed E-state index contributed by atoms with van der Waals surface area (Å²) in [5.41, 5.74) is 1.16. The third-order valence-electron chi connectivity index (χ3n) is 4.87. The second kappa shape index (κ2) is 8.75. The molecule has 1 heterocycles. The molecule has 3 rings (SSSR count). The van der Waals surface area contributed by atoms with Gasteiger partial charge in [-0.25, -0.2) is 4.68 Å². The van der Waals surface area contributed by atoms with Crippen molar-refractivity contribution in [3.8, 4) is 17.2 Å². The molecule has 2 aromatic rings. The number of hydrogen-bond donors (Lipinski definition) is 1. The molecule has 146 valence electrons. The molecule has 1 aromatic carbocycles. The van der Waals surface area contributed by atoms with Gasteiger partial charge in [-0.2, -0.15) is 0 Å². The van der Waals surface area contributed by atoms with Crippen molar-refractivity contribution in [1.29, 1.82) is 0 Å². The van der Waals surface area contributed by atoms with Gasteiger partial charge in [-0.3, -0.25) is 4.79 Å². The number of carbonyl (C=O) groups excluding carboxylic acids is 1. The maximum absolute atomic E-state index is 12.4. The van der Waals surface area contributed by atoms with Gasteiger partial charge in [0.25, 0.3) is 5.91 Å². The summed E-state index contributed by atoms with van der Waals surface area (Å²) in [5.74, 6) is 1.35. The van der Waals surface area contributed by atoms with Crippen molar-refractivity contribution >= 4 is 5.91 Å². The molecule has 1 saturated carbocycles. The first-order valence-electron chi connectivity index (χ1n) is 9.15. The molecule has 0 unspecified atom stereocenters. The van der Waals surface area contributed by atoms with E-state index in [0.29, 0.717) is 35.5 Å². The molecule has 8 nitrogen and oxygen atoms in total. The molecule has 8 heteroatoms. The van der Waals surface area contributed by atoms with Crippen LogP contribution >= 0.6 is 0 Å². The SMILES string of the molecule is COc1cc(CNC(=O)c2cn(C3CCCCC3)nn2)cc(OC)c1OC. The molecule has 0 spiro atoms. The van der Waals surface area contributed by atoms with Gasteiger partial charge in [0.05, 0.1) is 33.6 Å². The molecule has 27 heavy (non-hydrogen) atoms. The summed E-state index contributed by atoms with van der Waals surface area (Å²) in [7, 11) is 4.67. The standard InChI is InChI=1S/C19H26N4O4/c1-25-16-9-13(10-17(26-2)18(16)27-3)11-20-19(24)15-12-23(22-21-15)14-7-5-4-6-8-14/h9-10,12,14H,4-8,11H2,1-3H3,(H,20,24). The fraction of sp³-hybridized carbons (Fsp3) is 0.526. The molecule has 0 bridgehead atoms. The van der Waals surface area contributed by atoms with E-state index in [9.17, 15) is 4.79 Å². The van der Waals surface area contributed by atoms with Crippen molar-refractivity contribution in [1.82, 2.24) is 20.3 Å². The van der Waals surface area contributed by atoms with Crippen LogP contribution in [0.3, 0.4) is 0 Å². The number of hydrogen-bond acceptors (Lipinski definition) is 6. The Hall–Kier alpha value is -2.77. The summed E-state index contributed by atoms with van der Waals surface area (Å²) in [4.78, 5) is 12.4. The zero-order chi connectivity index (χ0) is 19.2. The lowest BCUT2D eigenvalue weighted by atomic mass is 9.96. The minimum atomic E-state index is -0.259. The third kappa shape index (κ3) is 4.32. The van der Waals surface area contributed by atoms with Crippen LogP contribution in [0.5, 0.6) is 17.2 Å². The predicted octanol–water partition coefficient (Wildman–Crippen LogP) is 2.74. The van der Waals surface area contributed by atoms with Gasteiger partial charge in [-0.1, -0.05) is 24.5 Å². The number of carbonyl (C=O) groups is 1. The number of rotatable bonds is 7. The van der Waals surface area contributed by atoms with Gasteiger partial charge in [0, 0.05) is 6.54 Å². The summed E-state index contributed by atoms with van der Waals surface area (Å²) in [6.07, 6.45) is 7.60. The minimum absolute atomic E-state index is 0.259. The maximum Gasteiger partial charge on any atom is 0.273 e. The van der Waals surface area contributed by atoms with Crippen LogP contribution in [0.1, 0.15) is 54.2 Å². The van der Waals surface area contributed by atoms with E-state index in [1.165, 1.54) is 19.3 Å². The number of amides is 1. The van der Waals surface area contributed by atoms with Crippen LogP contribution in [0, 0.1) is 0 Å². The van der Waals surface area contributed by atoms with Crippen molar-refractivity contribution in [2.45, 2.75) is 44.7 Å². The summed E-state index contributed by atoms with van der Waals surface area (Å²) < 4.78 is 17.8. The highest BCUT2D eigenvalue weighted by Crippen LogP contribution is 2.38. The van der Waals surface area contributed by atoms with E-state index in [1.54, 1.807) is 39.7 Å². The molecule has 1 amide bonds. The largest absolute Gasteiger partial charge is 0.493 e. The van der Waals surface area contributed by atoms with Crippen LogP contribution < -0.4 is 19.5 Å². The first-order chi connectivity index (χ1) is 13.2. The van der Waals surface area contributed by atoms with Crippen molar-refractivity contribution < 1.29 is 19.0 Å². The molecule has 0 atom stereocenters. The van der Waals surface area contributed by atoms with Crippen LogP contribution in [-0.4, -0.2) is 42.2 Å². The Balaban J connectivity index is 1.66. The van der Waals surface area contributed by atoms with Crippen LogP contribution in [0.15, 0.2) is 18.3 Å². The zero-order valence-corrected chi connectivity index (χ0v) is 16.0. The smallest absolute Gasteiger partial charge is 0.273 e. The number of aromatic nitrogens is 3. The van der Waals surface area contributed by atoms with Crippen LogP contribution in [-0.2, 0) is 6.54 Å². The Morgan fingerprint density at radius 1 is 1.11 bits per heavy atom. The minimum Gasteiger partial charge on any atom is -0.493 e. The Labute approximate surface area is 158 Å². The van der Waals surface area contributed by atoms with E-state index >= 15 is 0 Å². The topological polar surface area (TPSA) is 87.5 Å². The normalized spacial score (nSPS) is 14.6. The maximum atomic E-state index is 12.4. The molecular formula is C19H26N4O4. The molecule has 1 aromatic heterocycles. The second-order valence-corrected chi connectivity index (χ2v) is 6.59. The highest BCUT2D eigenvalue weighted by Gasteiger charge is 2.19. The fourth-order valence-corrected chi connectivity index (χ4v) is 3.42. The van der Waals surface area contributed by atoms with Gasteiger partial charge in [-0.05, 0) is 30.5 Å². The van der Waals surface area contributed by atoms with Gasteiger partial charge in [0.1, 0.15) is 0 Å². The summed E-state index contributed by atoms with van der Waals surface area (Å²) in [6, 6.07) is 3.96. The Morgan fingerprint density at radius 2 is 1.78 bits per heavy atom. The average molecular weight is 374 g/mol. The molecule has 0 saturated heterocycles. The number of nitrogens with one attached hydrogen (secondary N) is 1. The van der Waals surface area contributed by atoms with Crippen molar-refractivity contribution in [3.63, 3.8) is 0 Å². The van der Waals surface area contributed by atoms with E-state index in [-0.39, 0.29) is 5.91 Å². The lowest BCUT2D eigenvalue weighted by molar-refractivity contribution is 0.0945. The van der Waals surface area contributed by atoms with Gasteiger partial charge < -0.3 is 19.5 Å². The van der Waals surface area contributed by atoms with Gasteiger partial charge in [0.15, 0.2) is 17.2 Å². The van der Waals surface area contributed by atoms with Crippen molar-refractivity contribution in [2.75, 3.05) is 21.3 Å². The molecular weight excluding hydrogens is 348 g/mol. The van der Waals surface area contributed by atoms with Gasteiger partial charge >= 0.3 is 0 Å². The highest BCUT2D eigenvalue weighted by atomic mass is 16.5. The summed E-state index contributed by atoms with van der Waals surface area (Å²) in [5, 5.41) is 11.0. The summed E-state index contributed by atoms with van der Waals surface area (Å²) in [6.45, 7) is 0.311. The first-order valence-corrected chi connectivity index (χ1v) is 9.15. The Bertz CT molecular complexity index is 759. The number of nitrogens with zero attached hydrogens (tertiary/aromatic N) is 3. The monoisotopic (exact) mass is 374 g/mol. The van der Waals surface area contributed by atoms with Crippen LogP contribution in [0.2, 0.25) is 0 Å². The van der Waals surface area contributed by atoms with Crippen LogP contribution in [0.25, 0.3) is 0 Å². The van der Waals surface area contributed by atoms with Gasteiger partial charge in [0.2, 0.25) is 5.75 Å². The fourth-order valence-electron chi connectivity index (χ4n) is 3.42. The number of benzene rings is 1. The molecule has 0 radical (unpaired) electrons. The molecule has 1 fully saturated rings. The van der Waals surface area contributed by atoms with E-state index in [4.69, 9.17) is 14.2 Å². The van der Waals surface area contributed by atoms with E-state index in [2.05, 4.69) is 15.6 Å². The zero-order valence-electron chi connectivity index (χ0n) is 16.0. The molecule has 0 aliphatic heterocycles. The van der Waals surface area contributed by atoms with Crippen molar-refractivity contribution in [3.05, 3.63) is 29.6 Å². The summed E-state index contributed by atoms with van der Waals surface area (Å²) >= 11 is 0. The highest BCUT2D eigenvalue weighted by molar-refractivity contribution is 5.91. The average Bonchev–Trinajstić information content (AvgIpc) is 3.22. The predicted molar refractivity (Wildman–Crippen MR) is 99.4 cm³/mol. The third-order valence-corrected chi connectivity index (χ3v) is 4.87. The van der Waals surface area contributed by atoms with Gasteiger partial charge in [-0.15, -0.1) is 5.10 Å². The lowest BCUT2D eigenvalue weighted by Gasteiger charge is -2.20. The number of methoxy groups -OCH3 is 3. The van der Waals surface area contributed by atoms with Crippen LogP contribution in [0.4, 0.5) is 0 Å². The Morgan fingerprint density at radius 3 is 2.37 bits per heavy atom. The number of ether oxygens (including phenoxy) is 3. The molecule has 1 aliphatic carbocycles. The second-order valence-electron chi connectivity index (χ2n) is 6.59. The van der Waals surface area contributed by atoms with E-state index < -0.39 is 0 Å². The van der Waals surface area contributed by atoms with Crippen molar-refractivity contribution in [2.24, 2.45) is 0 Å². The molecule has 1 N–H and O–H groups in total. The quantitative estimate of drug-likeness (QED) is 0.802. The first kappa shape index (κ1) is 19.0. The van der Waals surface area contributed by atoms with E-state index in [0.717, 1.165) is 18.4 Å². The Kier molecular flexibility index (Phi) is 6.16. The van der Waals surface area contributed by atoms with E-state index in [1.807, 2.05) is 4.68 Å². The molecule has 1 aliphatic rings. The lowest BCUT2D eigenvalue weighted by Crippen LogP contribution is -2.23.